The van der Waals surface area contributed by atoms with Gasteiger partial charge in [0.05, 0.1) is 5.92 Å². The van der Waals surface area contributed by atoms with Crippen LogP contribution in [-0.4, -0.2) is 17.2 Å². The zero-order valence-corrected chi connectivity index (χ0v) is 6.11. The molecular weight excluding hydrogens is 187 g/mol. The molecule has 0 radical (unpaired) electrons. The molecule has 0 aromatic carbocycles. The summed E-state index contributed by atoms with van der Waals surface area (Å²) in [7, 11) is 0. The molecule has 11 heavy (non-hydrogen) atoms. The van der Waals surface area contributed by atoms with Crippen molar-refractivity contribution in [2.24, 2.45) is 5.92 Å². The van der Waals surface area contributed by atoms with Gasteiger partial charge in [-0.3, -0.25) is 0 Å². The van der Waals surface area contributed by atoms with Gasteiger partial charge in [-0.1, -0.05) is 11.8 Å². The molecule has 0 N–H and O–H groups in total. The van der Waals surface area contributed by atoms with Gasteiger partial charge < -0.3 is 0 Å². The van der Waals surface area contributed by atoms with Crippen LogP contribution in [0.5, 0.6) is 0 Å². The van der Waals surface area contributed by atoms with Crippen LogP contribution in [0.15, 0.2) is 0 Å². The van der Waals surface area contributed by atoms with E-state index in [9.17, 15) is 22.0 Å². The number of hydrogen-bond acceptors (Lipinski definition) is 1. The minimum atomic E-state index is -4.47. The highest BCUT2D eigenvalue weighted by atomic mass is 32.2. The van der Waals surface area contributed by atoms with Crippen molar-refractivity contribution < 1.29 is 22.0 Å². The van der Waals surface area contributed by atoms with Crippen LogP contribution in [0.2, 0.25) is 0 Å². The second-order valence-corrected chi connectivity index (χ2v) is 3.61. The van der Waals surface area contributed by atoms with Crippen LogP contribution < -0.4 is 0 Å². The first kappa shape index (κ1) is 9.09. The Hall–Kier alpha value is -0.0000000000000000555. The quantitative estimate of drug-likeness (QED) is 0.532. The summed E-state index contributed by atoms with van der Waals surface area (Å²) < 4.78 is 59.6. The van der Waals surface area contributed by atoms with Crippen molar-refractivity contribution >= 4 is 11.8 Å². The molecule has 1 rings (SSSR count). The van der Waals surface area contributed by atoms with E-state index in [-0.39, 0.29) is 11.8 Å². The van der Waals surface area contributed by atoms with Crippen LogP contribution in [0.4, 0.5) is 22.0 Å². The molecule has 66 valence electrons. The second kappa shape index (κ2) is 2.50. The molecule has 0 saturated carbocycles. The zero-order valence-electron chi connectivity index (χ0n) is 5.29. The third-order valence-corrected chi connectivity index (χ3v) is 2.60. The summed E-state index contributed by atoms with van der Waals surface area (Å²) in [5, 5.41) is -3.18. The highest BCUT2D eigenvalue weighted by Gasteiger charge is 2.51. The summed E-state index contributed by atoms with van der Waals surface area (Å²) in [6.45, 7) is 0. The maximum Gasteiger partial charge on any atom is 0.392 e. The van der Waals surface area contributed by atoms with E-state index >= 15 is 0 Å². The average Bonchev–Trinajstić information content (AvgIpc) is 2.07. The van der Waals surface area contributed by atoms with Gasteiger partial charge in [0, 0.05) is 12.2 Å². The Morgan fingerprint density at radius 3 is 2.00 bits per heavy atom. The van der Waals surface area contributed by atoms with Gasteiger partial charge >= 0.3 is 6.18 Å². The highest BCUT2D eigenvalue weighted by Crippen LogP contribution is 2.49. The van der Waals surface area contributed by atoms with Gasteiger partial charge in [-0.2, -0.15) is 22.0 Å². The third kappa shape index (κ3) is 2.21. The number of hydrogen-bond donors (Lipinski definition) is 0. The van der Waals surface area contributed by atoms with Crippen molar-refractivity contribution in [3.8, 4) is 0 Å². The van der Waals surface area contributed by atoms with Gasteiger partial charge in [0.15, 0.2) is 0 Å². The van der Waals surface area contributed by atoms with Crippen molar-refractivity contribution in [2.45, 2.75) is 17.9 Å². The Morgan fingerprint density at radius 1 is 1.27 bits per heavy atom. The van der Waals surface area contributed by atoms with Crippen molar-refractivity contribution in [3.05, 3.63) is 0 Å². The van der Waals surface area contributed by atoms with Gasteiger partial charge in [-0.05, 0) is 0 Å². The van der Waals surface area contributed by atoms with Crippen molar-refractivity contribution in [1.29, 1.82) is 0 Å². The minimum Gasteiger partial charge on any atom is -0.194 e. The SMILES string of the molecule is FC1(F)CC(C(F)(F)F)CS1. The Balaban J connectivity index is 2.55. The Morgan fingerprint density at radius 2 is 1.82 bits per heavy atom. The van der Waals surface area contributed by atoms with Gasteiger partial charge in [0.1, 0.15) is 0 Å². The fourth-order valence-corrected chi connectivity index (χ4v) is 1.91. The first-order valence-electron chi connectivity index (χ1n) is 2.90. The molecule has 1 atom stereocenters. The normalized spacial score (nSPS) is 30.8. The molecular formula is C5H5F5S. The number of halogens is 5. The molecule has 1 heterocycles. The monoisotopic (exact) mass is 192 g/mol. The van der Waals surface area contributed by atoms with Crippen LogP contribution in [0.25, 0.3) is 0 Å². The molecule has 6 heteroatoms. The lowest BCUT2D eigenvalue weighted by molar-refractivity contribution is -0.175. The van der Waals surface area contributed by atoms with Crippen LogP contribution in [0, 0.1) is 5.92 Å². The molecule has 1 fully saturated rings. The Bertz CT molecular complexity index is 151. The molecule has 0 aromatic rings. The van der Waals surface area contributed by atoms with E-state index in [0.29, 0.717) is 0 Å². The van der Waals surface area contributed by atoms with Crippen molar-refractivity contribution in [2.75, 3.05) is 5.75 Å². The summed E-state index contributed by atoms with van der Waals surface area (Å²) in [5.74, 6) is -2.35. The predicted molar refractivity (Wildman–Crippen MR) is 31.6 cm³/mol. The fraction of sp³-hybridized carbons (Fsp3) is 1.00. The van der Waals surface area contributed by atoms with E-state index in [1.807, 2.05) is 0 Å². The van der Waals surface area contributed by atoms with Crippen LogP contribution in [-0.2, 0) is 0 Å². The lowest BCUT2D eigenvalue weighted by Gasteiger charge is -2.12. The smallest absolute Gasteiger partial charge is 0.194 e. The lowest BCUT2D eigenvalue weighted by Crippen LogP contribution is -2.23. The molecule has 1 unspecified atom stereocenters. The molecule has 0 nitrogen and oxygen atoms in total. The number of rotatable bonds is 0. The maximum atomic E-state index is 12.2. The van der Waals surface area contributed by atoms with E-state index in [0.717, 1.165) is 0 Å². The van der Waals surface area contributed by atoms with Crippen molar-refractivity contribution in [3.63, 3.8) is 0 Å². The molecule has 1 aliphatic rings. The first-order valence-corrected chi connectivity index (χ1v) is 3.88. The molecule has 1 aliphatic heterocycles. The topological polar surface area (TPSA) is 0 Å². The molecule has 0 spiro atoms. The highest BCUT2D eigenvalue weighted by molar-refractivity contribution is 8.00. The van der Waals surface area contributed by atoms with Crippen LogP contribution >= 0.6 is 11.8 Å². The Labute approximate surface area is 64.1 Å². The van der Waals surface area contributed by atoms with E-state index in [2.05, 4.69) is 0 Å². The van der Waals surface area contributed by atoms with E-state index < -0.39 is 29.5 Å². The largest absolute Gasteiger partial charge is 0.392 e. The Kier molecular flexibility index (Phi) is 2.07. The predicted octanol–water partition coefficient (Wildman–Crippen LogP) is 2.89. The summed E-state index contributed by atoms with van der Waals surface area (Å²) in [6.07, 6.45) is -5.53. The summed E-state index contributed by atoms with van der Waals surface area (Å²) >= 11 is 0.0812. The fourth-order valence-electron chi connectivity index (χ4n) is 0.837. The summed E-state index contributed by atoms with van der Waals surface area (Å²) in [4.78, 5) is 0. The lowest BCUT2D eigenvalue weighted by atomic mass is 10.1. The standard InChI is InChI=1S/C5H5F5S/c6-4(7)1-3(2-11-4)5(8,9)10/h3H,1-2H2. The maximum absolute atomic E-state index is 12.2. The molecule has 1 saturated heterocycles. The van der Waals surface area contributed by atoms with Gasteiger partial charge in [-0.25, -0.2) is 0 Å². The zero-order chi connectivity index (χ0) is 8.70. The molecule has 0 aromatic heterocycles. The van der Waals surface area contributed by atoms with Crippen molar-refractivity contribution in [1.82, 2.24) is 0 Å². The molecule has 0 amide bonds. The average molecular weight is 192 g/mol. The minimum absolute atomic E-state index is 0.0812. The molecule has 0 aliphatic carbocycles. The van der Waals surface area contributed by atoms with Crippen LogP contribution in [0.3, 0.4) is 0 Å². The van der Waals surface area contributed by atoms with Gasteiger partial charge in [0.25, 0.3) is 5.25 Å². The second-order valence-electron chi connectivity index (χ2n) is 2.39. The number of alkyl halides is 5. The van der Waals surface area contributed by atoms with E-state index in [1.165, 1.54) is 0 Å². The summed E-state index contributed by atoms with van der Waals surface area (Å²) in [5.41, 5.74) is 0. The van der Waals surface area contributed by atoms with Gasteiger partial charge in [0.2, 0.25) is 0 Å². The van der Waals surface area contributed by atoms with Gasteiger partial charge in [-0.15, -0.1) is 0 Å². The van der Waals surface area contributed by atoms with E-state index in [1.54, 1.807) is 0 Å². The number of thioether (sulfide) groups is 1. The molecule has 0 bridgehead atoms. The van der Waals surface area contributed by atoms with E-state index in [4.69, 9.17) is 0 Å². The third-order valence-electron chi connectivity index (χ3n) is 1.44. The summed E-state index contributed by atoms with van der Waals surface area (Å²) in [6, 6.07) is 0. The first-order chi connectivity index (χ1) is 4.81. The van der Waals surface area contributed by atoms with Crippen LogP contribution in [0.1, 0.15) is 6.42 Å².